The van der Waals surface area contributed by atoms with Gasteiger partial charge >= 0.3 is 6.09 Å². The molecule has 0 aromatic heterocycles. The van der Waals surface area contributed by atoms with Crippen LogP contribution in [0, 0.1) is 0 Å². The predicted molar refractivity (Wildman–Crippen MR) is 135 cm³/mol. The van der Waals surface area contributed by atoms with E-state index in [0.29, 0.717) is 25.2 Å². The molecule has 10 heteroatoms. The highest BCUT2D eigenvalue weighted by Gasteiger charge is 2.45. The first-order valence-electron chi connectivity index (χ1n) is 12.2. The Hall–Kier alpha value is -4.21. The molecule has 1 fully saturated rings. The number of amides is 5. The van der Waals surface area contributed by atoms with E-state index in [2.05, 4.69) is 16.0 Å². The number of fused-ring (bicyclic) bond motifs is 1. The number of anilines is 1. The Morgan fingerprint density at radius 2 is 1.73 bits per heavy atom. The molecule has 0 saturated carbocycles. The van der Waals surface area contributed by atoms with Crippen LogP contribution in [0.15, 0.2) is 42.5 Å². The number of piperidine rings is 1. The summed E-state index contributed by atoms with van der Waals surface area (Å²) in [5.41, 5.74) is 2.41. The van der Waals surface area contributed by atoms with E-state index in [1.54, 1.807) is 18.2 Å². The maximum Gasteiger partial charge on any atom is 0.407 e. The van der Waals surface area contributed by atoms with E-state index >= 15 is 0 Å². The van der Waals surface area contributed by atoms with Gasteiger partial charge in [0.05, 0.1) is 11.1 Å². The molecule has 4 rings (SSSR count). The summed E-state index contributed by atoms with van der Waals surface area (Å²) < 4.78 is 5.23. The van der Waals surface area contributed by atoms with Crippen LogP contribution < -0.4 is 16.0 Å². The van der Waals surface area contributed by atoms with Crippen LogP contribution in [-0.4, -0.2) is 52.8 Å². The van der Waals surface area contributed by atoms with Crippen molar-refractivity contribution in [3.05, 3.63) is 64.7 Å². The lowest BCUT2D eigenvalue weighted by atomic mass is 10.0. The van der Waals surface area contributed by atoms with Gasteiger partial charge in [0.15, 0.2) is 0 Å². The third-order valence-corrected chi connectivity index (χ3v) is 6.06. The zero-order valence-corrected chi connectivity index (χ0v) is 21.1. The molecular formula is C27H30N4O6. The van der Waals surface area contributed by atoms with Crippen LogP contribution >= 0.6 is 0 Å². The number of ether oxygens (including phenoxy) is 1. The maximum atomic E-state index is 13.2. The lowest BCUT2D eigenvalue weighted by molar-refractivity contribution is -0.136. The van der Waals surface area contributed by atoms with E-state index < -0.39 is 41.4 Å². The molecule has 0 radical (unpaired) electrons. The molecule has 1 saturated heterocycles. The third-order valence-electron chi connectivity index (χ3n) is 6.06. The normalized spacial score (nSPS) is 17.4. The zero-order chi connectivity index (χ0) is 26.7. The maximum absolute atomic E-state index is 13.2. The number of hydrogen-bond acceptors (Lipinski definition) is 7. The van der Waals surface area contributed by atoms with Gasteiger partial charge in [0.1, 0.15) is 11.6 Å². The van der Waals surface area contributed by atoms with E-state index in [9.17, 15) is 24.0 Å². The first-order valence-corrected chi connectivity index (χ1v) is 12.2. The summed E-state index contributed by atoms with van der Waals surface area (Å²) in [5, 5.41) is 8.16. The Labute approximate surface area is 214 Å². The van der Waals surface area contributed by atoms with Gasteiger partial charge < -0.3 is 15.4 Å². The van der Waals surface area contributed by atoms with E-state index in [0.717, 1.165) is 16.0 Å². The SMILES string of the molecule is CC(C)(C)OC(=O)NCCc1ccc(CNc2cccc3c2C(=O)N(C2CCC(=O)NC2=O)C3=O)cc1. The second-order valence-corrected chi connectivity index (χ2v) is 10.0. The van der Waals surface area contributed by atoms with Crippen LogP contribution in [0.1, 0.15) is 65.5 Å². The second kappa shape index (κ2) is 10.4. The second-order valence-electron chi connectivity index (χ2n) is 10.0. The third kappa shape index (κ3) is 5.96. The molecule has 0 aliphatic carbocycles. The first kappa shape index (κ1) is 25.9. The summed E-state index contributed by atoms with van der Waals surface area (Å²) in [6.45, 7) is 6.29. The largest absolute Gasteiger partial charge is 0.444 e. The molecule has 3 N–H and O–H groups in total. The van der Waals surface area contributed by atoms with Crippen molar-refractivity contribution in [2.75, 3.05) is 11.9 Å². The molecule has 10 nitrogen and oxygen atoms in total. The fraction of sp³-hybridized carbons (Fsp3) is 0.370. The highest BCUT2D eigenvalue weighted by atomic mass is 16.6. The zero-order valence-electron chi connectivity index (χ0n) is 21.1. The van der Waals surface area contributed by atoms with Crippen molar-refractivity contribution in [3.63, 3.8) is 0 Å². The van der Waals surface area contributed by atoms with Crippen molar-refractivity contribution >= 4 is 35.4 Å². The number of nitrogens with zero attached hydrogens (tertiary/aromatic N) is 1. The molecule has 37 heavy (non-hydrogen) atoms. The summed E-state index contributed by atoms with van der Waals surface area (Å²) in [4.78, 5) is 62.7. The number of nitrogens with one attached hydrogen (secondary N) is 3. The number of carbonyl (C=O) groups is 5. The number of carbonyl (C=O) groups excluding carboxylic acids is 5. The van der Waals surface area contributed by atoms with Crippen LogP contribution in [0.2, 0.25) is 0 Å². The van der Waals surface area contributed by atoms with Crippen LogP contribution in [0.3, 0.4) is 0 Å². The fourth-order valence-electron chi connectivity index (χ4n) is 4.31. The molecule has 1 atom stereocenters. The Morgan fingerprint density at radius 1 is 1.03 bits per heavy atom. The van der Waals surface area contributed by atoms with E-state index in [1.807, 2.05) is 45.0 Å². The Kier molecular flexibility index (Phi) is 7.28. The molecular weight excluding hydrogens is 476 g/mol. The Morgan fingerprint density at radius 3 is 2.41 bits per heavy atom. The van der Waals surface area contributed by atoms with Crippen molar-refractivity contribution < 1.29 is 28.7 Å². The van der Waals surface area contributed by atoms with Gasteiger partial charge in [-0.1, -0.05) is 30.3 Å². The quantitative estimate of drug-likeness (QED) is 0.492. The van der Waals surface area contributed by atoms with Gasteiger partial charge in [-0.3, -0.25) is 29.4 Å². The minimum Gasteiger partial charge on any atom is -0.444 e. The molecule has 194 valence electrons. The van der Waals surface area contributed by atoms with Crippen LogP contribution in [-0.2, 0) is 27.3 Å². The van der Waals surface area contributed by atoms with Crippen molar-refractivity contribution in [2.24, 2.45) is 0 Å². The van der Waals surface area contributed by atoms with E-state index in [1.165, 1.54) is 0 Å². The molecule has 1 unspecified atom stereocenters. The molecule has 2 aromatic rings. The highest BCUT2D eigenvalue weighted by Crippen LogP contribution is 2.32. The topological polar surface area (TPSA) is 134 Å². The van der Waals surface area contributed by atoms with Gasteiger partial charge in [0.25, 0.3) is 11.8 Å². The van der Waals surface area contributed by atoms with E-state index in [-0.39, 0.29) is 24.0 Å². The van der Waals surface area contributed by atoms with Gasteiger partial charge in [-0.15, -0.1) is 0 Å². The Balaban J connectivity index is 1.36. The number of benzene rings is 2. The Bertz CT molecular complexity index is 1250. The first-order chi connectivity index (χ1) is 17.5. The molecule has 0 bridgehead atoms. The van der Waals surface area contributed by atoms with Gasteiger partial charge in [0, 0.05) is 25.2 Å². The molecule has 0 spiro atoms. The van der Waals surface area contributed by atoms with E-state index in [4.69, 9.17) is 4.74 Å². The van der Waals surface area contributed by atoms with Gasteiger partial charge in [-0.2, -0.15) is 0 Å². The van der Waals surface area contributed by atoms with Crippen molar-refractivity contribution in [2.45, 2.75) is 58.2 Å². The molecule has 2 heterocycles. The van der Waals surface area contributed by atoms with Crippen LogP contribution in [0.4, 0.5) is 10.5 Å². The number of hydrogen-bond donors (Lipinski definition) is 3. The summed E-state index contributed by atoms with van der Waals surface area (Å²) in [7, 11) is 0. The van der Waals surface area contributed by atoms with Crippen LogP contribution in [0.5, 0.6) is 0 Å². The monoisotopic (exact) mass is 506 g/mol. The molecule has 5 amide bonds. The number of rotatable bonds is 7. The fourth-order valence-corrected chi connectivity index (χ4v) is 4.31. The average Bonchev–Trinajstić information content (AvgIpc) is 3.08. The van der Waals surface area contributed by atoms with Crippen LogP contribution in [0.25, 0.3) is 0 Å². The smallest absolute Gasteiger partial charge is 0.407 e. The minimum atomic E-state index is -1.00. The standard InChI is InChI=1S/C27H30N4O6/c1-27(2,3)37-26(36)28-14-13-16-7-9-17(10-8-16)15-29-19-6-4-5-18-22(19)25(35)31(24(18)34)20-11-12-21(32)30-23(20)33/h4-10,20,29H,11-15H2,1-3H3,(H,28,36)(H,30,32,33). The highest BCUT2D eigenvalue weighted by molar-refractivity contribution is 6.25. The summed E-state index contributed by atoms with van der Waals surface area (Å²) in [5.74, 6) is -2.14. The van der Waals surface area contributed by atoms with Crippen molar-refractivity contribution in [1.29, 1.82) is 0 Å². The summed E-state index contributed by atoms with van der Waals surface area (Å²) in [6.07, 6.45) is 0.375. The minimum absolute atomic E-state index is 0.0714. The lowest BCUT2D eigenvalue weighted by Crippen LogP contribution is -2.54. The molecule has 2 aliphatic heterocycles. The van der Waals surface area contributed by atoms with Gasteiger partial charge in [-0.25, -0.2) is 4.79 Å². The molecule has 2 aliphatic rings. The number of imide groups is 2. The summed E-state index contributed by atoms with van der Waals surface area (Å²) in [6, 6.07) is 11.8. The molecule has 2 aromatic carbocycles. The van der Waals surface area contributed by atoms with Gasteiger partial charge in [-0.05, 0) is 56.9 Å². The lowest BCUT2D eigenvalue weighted by Gasteiger charge is -2.27. The summed E-state index contributed by atoms with van der Waals surface area (Å²) >= 11 is 0. The van der Waals surface area contributed by atoms with Gasteiger partial charge in [0.2, 0.25) is 11.8 Å². The van der Waals surface area contributed by atoms with Crippen molar-refractivity contribution in [1.82, 2.24) is 15.5 Å². The number of alkyl carbamates (subject to hydrolysis) is 1. The van der Waals surface area contributed by atoms with Crippen molar-refractivity contribution in [3.8, 4) is 0 Å². The average molecular weight is 507 g/mol. The predicted octanol–water partition coefficient (Wildman–Crippen LogP) is 2.77.